The summed E-state index contributed by atoms with van der Waals surface area (Å²) in [5.74, 6) is 0. The molecule has 1 aromatic carbocycles. The Morgan fingerprint density at radius 3 is 2.36 bits per heavy atom. The Morgan fingerprint density at radius 2 is 1.86 bits per heavy atom. The topological polar surface area (TPSA) is 29.3 Å². The summed E-state index contributed by atoms with van der Waals surface area (Å²) in [5, 5.41) is 0. The van der Waals surface area contributed by atoms with Crippen molar-refractivity contribution >= 4 is 5.69 Å². The van der Waals surface area contributed by atoms with Crippen molar-refractivity contribution in [1.82, 2.24) is 0 Å². The molecule has 1 rings (SSSR count). The third-order valence-electron chi connectivity index (χ3n) is 2.74. The second kappa shape index (κ2) is 4.01. The first-order chi connectivity index (χ1) is 6.49. The normalized spacial score (nSPS) is 14.9. The Labute approximate surface area is 86.7 Å². The monoisotopic (exact) mass is 192 g/mol. The van der Waals surface area contributed by atoms with E-state index in [4.69, 9.17) is 5.73 Å². The van der Waals surface area contributed by atoms with Crippen LogP contribution in [0.3, 0.4) is 0 Å². The van der Waals surface area contributed by atoms with Crippen LogP contribution in [0, 0.1) is 0 Å². The van der Waals surface area contributed by atoms with E-state index < -0.39 is 0 Å². The molecule has 0 saturated heterocycles. The molecule has 0 fully saturated rings. The third-order valence-corrected chi connectivity index (χ3v) is 2.74. The van der Waals surface area contributed by atoms with E-state index >= 15 is 0 Å². The average Bonchev–Trinajstić information content (AvgIpc) is 2.18. The summed E-state index contributed by atoms with van der Waals surface area (Å²) >= 11 is 0. The molecule has 0 saturated carbocycles. The number of anilines is 1. The predicted molar refractivity (Wildman–Crippen MR) is 62.6 cm³/mol. The molecular weight excluding hydrogens is 172 g/mol. The minimum Gasteiger partial charge on any atom is -0.377 e. The highest BCUT2D eigenvalue weighted by molar-refractivity contribution is 5.55. The lowest BCUT2D eigenvalue weighted by molar-refractivity contribution is 0.477. The first-order valence-electron chi connectivity index (χ1n) is 5.04. The van der Waals surface area contributed by atoms with Crippen molar-refractivity contribution in [2.24, 2.45) is 5.73 Å². The van der Waals surface area contributed by atoms with E-state index in [-0.39, 0.29) is 5.54 Å². The number of benzene rings is 1. The number of para-hydroxylation sites is 1. The summed E-state index contributed by atoms with van der Waals surface area (Å²) in [6.07, 6.45) is 0.942. The lowest BCUT2D eigenvalue weighted by Crippen LogP contribution is -2.33. The largest absolute Gasteiger partial charge is 0.377 e. The molecule has 0 aliphatic rings. The first kappa shape index (κ1) is 11.1. The molecule has 0 aliphatic heterocycles. The molecule has 2 N–H and O–H groups in total. The molecule has 0 aromatic heterocycles. The van der Waals surface area contributed by atoms with Gasteiger partial charge in [0.15, 0.2) is 0 Å². The standard InChI is InChI=1S/C12H20N2/c1-5-12(2,13)10-8-6-7-9-11(10)14(3)4/h6-9H,5,13H2,1-4H3. The van der Waals surface area contributed by atoms with Crippen LogP contribution >= 0.6 is 0 Å². The smallest absolute Gasteiger partial charge is 0.0412 e. The molecule has 78 valence electrons. The molecule has 0 radical (unpaired) electrons. The Bertz CT molecular complexity index is 303. The van der Waals surface area contributed by atoms with E-state index in [2.05, 4.69) is 30.9 Å². The minimum atomic E-state index is -0.235. The van der Waals surface area contributed by atoms with Gasteiger partial charge in [0.2, 0.25) is 0 Å². The van der Waals surface area contributed by atoms with Crippen molar-refractivity contribution in [3.05, 3.63) is 29.8 Å². The second-order valence-corrected chi connectivity index (χ2v) is 4.18. The highest BCUT2D eigenvalue weighted by Gasteiger charge is 2.22. The summed E-state index contributed by atoms with van der Waals surface area (Å²) < 4.78 is 0. The van der Waals surface area contributed by atoms with Gasteiger partial charge in [-0.05, 0) is 25.0 Å². The zero-order valence-electron chi connectivity index (χ0n) is 9.54. The molecule has 2 heteroatoms. The Balaban J connectivity index is 3.20. The molecule has 0 amide bonds. The molecule has 0 bridgehead atoms. The van der Waals surface area contributed by atoms with Crippen LogP contribution in [0.5, 0.6) is 0 Å². The summed E-state index contributed by atoms with van der Waals surface area (Å²) in [5.41, 5.74) is 8.44. The fourth-order valence-electron chi connectivity index (χ4n) is 1.54. The van der Waals surface area contributed by atoms with Gasteiger partial charge in [-0.25, -0.2) is 0 Å². The summed E-state index contributed by atoms with van der Waals surface area (Å²) in [6, 6.07) is 8.31. The van der Waals surface area contributed by atoms with Crippen LogP contribution in [0.15, 0.2) is 24.3 Å². The van der Waals surface area contributed by atoms with Crippen LogP contribution in [-0.4, -0.2) is 14.1 Å². The lowest BCUT2D eigenvalue weighted by Gasteiger charge is -2.28. The average molecular weight is 192 g/mol. The van der Waals surface area contributed by atoms with Crippen LogP contribution in [0.2, 0.25) is 0 Å². The minimum absolute atomic E-state index is 0.235. The Morgan fingerprint density at radius 1 is 1.29 bits per heavy atom. The second-order valence-electron chi connectivity index (χ2n) is 4.18. The maximum atomic E-state index is 6.25. The highest BCUT2D eigenvalue weighted by atomic mass is 15.1. The van der Waals surface area contributed by atoms with Gasteiger partial charge in [0.25, 0.3) is 0 Å². The molecule has 1 unspecified atom stereocenters. The van der Waals surface area contributed by atoms with Gasteiger partial charge < -0.3 is 10.6 Å². The number of nitrogens with zero attached hydrogens (tertiary/aromatic N) is 1. The van der Waals surface area contributed by atoms with Crippen molar-refractivity contribution < 1.29 is 0 Å². The Hall–Kier alpha value is -1.02. The van der Waals surface area contributed by atoms with Gasteiger partial charge in [-0.1, -0.05) is 25.1 Å². The maximum Gasteiger partial charge on any atom is 0.0412 e. The maximum absolute atomic E-state index is 6.25. The van der Waals surface area contributed by atoms with Gasteiger partial charge in [-0.2, -0.15) is 0 Å². The molecule has 1 atom stereocenters. The molecule has 0 aliphatic carbocycles. The molecule has 14 heavy (non-hydrogen) atoms. The van der Waals surface area contributed by atoms with Crippen LogP contribution in [0.4, 0.5) is 5.69 Å². The van der Waals surface area contributed by atoms with E-state index in [1.165, 1.54) is 11.3 Å². The molecule has 1 aromatic rings. The van der Waals surface area contributed by atoms with Crippen molar-refractivity contribution in [2.75, 3.05) is 19.0 Å². The van der Waals surface area contributed by atoms with Gasteiger partial charge in [-0.15, -0.1) is 0 Å². The van der Waals surface area contributed by atoms with Gasteiger partial charge in [0.1, 0.15) is 0 Å². The van der Waals surface area contributed by atoms with Crippen molar-refractivity contribution in [1.29, 1.82) is 0 Å². The van der Waals surface area contributed by atoms with E-state index in [9.17, 15) is 0 Å². The SMILES string of the molecule is CCC(C)(N)c1ccccc1N(C)C. The van der Waals surface area contributed by atoms with Gasteiger partial charge in [0, 0.05) is 25.3 Å². The molecule has 2 nitrogen and oxygen atoms in total. The van der Waals surface area contributed by atoms with Crippen LogP contribution in [0.1, 0.15) is 25.8 Å². The summed E-state index contributed by atoms with van der Waals surface area (Å²) in [7, 11) is 4.09. The molecular formula is C12H20N2. The van der Waals surface area contributed by atoms with Crippen molar-refractivity contribution in [3.63, 3.8) is 0 Å². The van der Waals surface area contributed by atoms with Crippen LogP contribution in [0.25, 0.3) is 0 Å². The fourth-order valence-corrected chi connectivity index (χ4v) is 1.54. The van der Waals surface area contributed by atoms with Gasteiger partial charge in [0.05, 0.1) is 0 Å². The number of nitrogens with two attached hydrogens (primary N) is 1. The zero-order chi connectivity index (χ0) is 10.8. The highest BCUT2D eigenvalue weighted by Crippen LogP contribution is 2.29. The number of rotatable bonds is 3. The van der Waals surface area contributed by atoms with E-state index in [0.717, 1.165) is 6.42 Å². The van der Waals surface area contributed by atoms with Crippen molar-refractivity contribution in [2.45, 2.75) is 25.8 Å². The third kappa shape index (κ3) is 2.07. The van der Waals surface area contributed by atoms with Crippen molar-refractivity contribution in [3.8, 4) is 0 Å². The molecule has 0 spiro atoms. The van der Waals surface area contributed by atoms with Crippen LogP contribution < -0.4 is 10.6 Å². The number of hydrogen-bond acceptors (Lipinski definition) is 2. The Kier molecular flexibility index (Phi) is 3.17. The van der Waals surface area contributed by atoms with E-state index in [1.807, 2.05) is 26.2 Å². The summed E-state index contributed by atoms with van der Waals surface area (Å²) in [4.78, 5) is 2.11. The predicted octanol–water partition coefficient (Wildman–Crippen LogP) is 2.34. The first-order valence-corrected chi connectivity index (χ1v) is 5.04. The molecule has 0 heterocycles. The number of hydrogen-bond donors (Lipinski definition) is 1. The van der Waals surface area contributed by atoms with Gasteiger partial charge >= 0.3 is 0 Å². The van der Waals surface area contributed by atoms with E-state index in [0.29, 0.717) is 0 Å². The lowest BCUT2D eigenvalue weighted by atomic mass is 9.89. The quantitative estimate of drug-likeness (QED) is 0.796. The van der Waals surface area contributed by atoms with E-state index in [1.54, 1.807) is 0 Å². The zero-order valence-corrected chi connectivity index (χ0v) is 9.54. The summed E-state index contributed by atoms with van der Waals surface area (Å²) in [6.45, 7) is 4.20. The van der Waals surface area contributed by atoms with Gasteiger partial charge in [-0.3, -0.25) is 0 Å². The fraction of sp³-hybridized carbons (Fsp3) is 0.500. The van der Waals surface area contributed by atoms with Crippen LogP contribution in [-0.2, 0) is 5.54 Å².